The molecular weight excluding hydrogens is 354 g/mol. The number of fused-ring (bicyclic) bond motifs is 1. The van der Waals surface area contributed by atoms with E-state index in [9.17, 15) is 4.79 Å². The average Bonchev–Trinajstić information content (AvgIpc) is 3.32. The van der Waals surface area contributed by atoms with E-state index in [2.05, 4.69) is 9.97 Å². The molecule has 2 aromatic heterocycles. The van der Waals surface area contributed by atoms with E-state index < -0.39 is 0 Å². The Morgan fingerprint density at radius 3 is 2.96 bits per heavy atom. The second-order valence-electron chi connectivity index (χ2n) is 6.14. The van der Waals surface area contributed by atoms with Gasteiger partial charge in [-0.1, -0.05) is 23.5 Å². The Morgan fingerprint density at radius 2 is 2.24 bits per heavy atom. The van der Waals surface area contributed by atoms with E-state index in [0.717, 1.165) is 45.5 Å². The van der Waals surface area contributed by atoms with E-state index in [1.165, 1.54) is 0 Å². The zero-order chi connectivity index (χ0) is 17.2. The number of anilines is 1. The van der Waals surface area contributed by atoms with Crippen LogP contribution in [0.25, 0.3) is 10.2 Å². The minimum absolute atomic E-state index is 0.0276. The summed E-state index contributed by atoms with van der Waals surface area (Å²) in [5.74, 6) is 0.0276. The molecule has 0 aliphatic carbocycles. The number of rotatable bonds is 5. The van der Waals surface area contributed by atoms with Gasteiger partial charge in [0.2, 0.25) is 5.91 Å². The van der Waals surface area contributed by atoms with Crippen LogP contribution in [0.15, 0.2) is 29.6 Å². The number of aromatic nitrogens is 2. The van der Waals surface area contributed by atoms with Crippen LogP contribution in [0.5, 0.6) is 0 Å². The first-order valence-electron chi connectivity index (χ1n) is 8.37. The van der Waals surface area contributed by atoms with Gasteiger partial charge < -0.3 is 4.74 Å². The van der Waals surface area contributed by atoms with Crippen molar-refractivity contribution in [3.05, 3.63) is 40.3 Å². The molecule has 0 saturated carbocycles. The van der Waals surface area contributed by atoms with Gasteiger partial charge in [0.15, 0.2) is 5.13 Å². The molecule has 1 unspecified atom stereocenters. The number of benzene rings is 1. The van der Waals surface area contributed by atoms with Crippen LogP contribution in [0.3, 0.4) is 0 Å². The summed E-state index contributed by atoms with van der Waals surface area (Å²) in [6, 6.07) is 7.98. The highest BCUT2D eigenvalue weighted by atomic mass is 32.1. The fourth-order valence-corrected chi connectivity index (χ4v) is 4.60. The van der Waals surface area contributed by atoms with Crippen LogP contribution in [0.2, 0.25) is 0 Å². The van der Waals surface area contributed by atoms with Crippen LogP contribution >= 0.6 is 22.7 Å². The lowest BCUT2D eigenvalue weighted by atomic mass is 10.2. The van der Waals surface area contributed by atoms with Crippen molar-refractivity contribution in [2.75, 3.05) is 18.1 Å². The van der Waals surface area contributed by atoms with Gasteiger partial charge in [-0.25, -0.2) is 9.97 Å². The molecule has 0 spiro atoms. The molecule has 1 atom stereocenters. The van der Waals surface area contributed by atoms with Crippen molar-refractivity contribution in [1.82, 2.24) is 9.97 Å². The number of hydrogen-bond donors (Lipinski definition) is 0. The highest BCUT2D eigenvalue weighted by molar-refractivity contribution is 7.22. The summed E-state index contributed by atoms with van der Waals surface area (Å²) in [7, 11) is 0. The lowest BCUT2D eigenvalue weighted by molar-refractivity contribution is -0.118. The van der Waals surface area contributed by atoms with Gasteiger partial charge in [-0.2, -0.15) is 0 Å². The predicted octanol–water partition coefficient (Wildman–Crippen LogP) is 3.82. The molecule has 5 nitrogen and oxygen atoms in total. The Bertz CT molecular complexity index is 850. The Kier molecular flexibility index (Phi) is 4.78. The van der Waals surface area contributed by atoms with Gasteiger partial charge in [0.25, 0.3) is 0 Å². The van der Waals surface area contributed by atoms with Crippen molar-refractivity contribution in [3.63, 3.8) is 0 Å². The fraction of sp³-hybridized carbons (Fsp3) is 0.389. The van der Waals surface area contributed by atoms with Crippen LogP contribution in [0, 0.1) is 6.92 Å². The first kappa shape index (κ1) is 16.6. The largest absolute Gasteiger partial charge is 0.376 e. The quantitative estimate of drug-likeness (QED) is 0.682. The monoisotopic (exact) mass is 373 g/mol. The van der Waals surface area contributed by atoms with E-state index in [4.69, 9.17) is 4.74 Å². The van der Waals surface area contributed by atoms with Crippen molar-refractivity contribution >= 4 is 43.9 Å². The number of ether oxygens (including phenoxy) is 1. The molecule has 1 amide bonds. The molecule has 4 rings (SSSR count). The Labute approximate surface area is 154 Å². The topological polar surface area (TPSA) is 55.3 Å². The molecule has 0 bridgehead atoms. The van der Waals surface area contributed by atoms with E-state index >= 15 is 0 Å². The van der Waals surface area contributed by atoms with Gasteiger partial charge in [-0.3, -0.25) is 9.69 Å². The lowest BCUT2D eigenvalue weighted by Gasteiger charge is -2.22. The summed E-state index contributed by atoms with van der Waals surface area (Å²) in [6.07, 6.45) is 2.43. The Balaban J connectivity index is 1.61. The lowest BCUT2D eigenvalue weighted by Crippen LogP contribution is -2.38. The maximum Gasteiger partial charge on any atom is 0.234 e. The van der Waals surface area contributed by atoms with Crippen LogP contribution in [0.4, 0.5) is 5.13 Å². The second-order valence-corrected chi connectivity index (χ2v) is 8.21. The predicted molar refractivity (Wildman–Crippen MR) is 102 cm³/mol. The highest BCUT2D eigenvalue weighted by Crippen LogP contribution is 2.30. The number of nitrogens with zero attached hydrogens (tertiary/aromatic N) is 3. The van der Waals surface area contributed by atoms with Crippen LogP contribution in [-0.4, -0.2) is 35.1 Å². The molecular formula is C18H19N3O2S2. The minimum Gasteiger partial charge on any atom is -0.376 e. The molecule has 0 radical (unpaired) electrons. The normalized spacial score (nSPS) is 17.2. The third kappa shape index (κ3) is 3.73. The zero-order valence-electron chi connectivity index (χ0n) is 14.0. The number of aryl methyl sites for hydroxylation is 1. The molecule has 25 heavy (non-hydrogen) atoms. The van der Waals surface area contributed by atoms with E-state index in [1.807, 2.05) is 36.6 Å². The van der Waals surface area contributed by atoms with Crippen LogP contribution < -0.4 is 4.90 Å². The number of amides is 1. The molecule has 1 fully saturated rings. The van der Waals surface area contributed by atoms with Gasteiger partial charge in [0, 0.05) is 12.0 Å². The number of carbonyl (C=O) groups excluding carboxylic acids is 1. The number of carbonyl (C=O) groups is 1. The third-order valence-corrected chi connectivity index (χ3v) is 6.11. The molecule has 3 aromatic rings. The number of thiazole rings is 2. The highest BCUT2D eigenvalue weighted by Gasteiger charge is 2.26. The Hall–Kier alpha value is -1.83. The van der Waals surface area contributed by atoms with Crippen molar-refractivity contribution in [2.45, 2.75) is 32.3 Å². The van der Waals surface area contributed by atoms with Gasteiger partial charge in [-0.15, -0.1) is 11.3 Å². The summed E-state index contributed by atoms with van der Waals surface area (Å²) >= 11 is 3.12. The molecule has 3 heterocycles. The zero-order valence-corrected chi connectivity index (χ0v) is 15.6. The van der Waals surface area contributed by atoms with Gasteiger partial charge >= 0.3 is 0 Å². The van der Waals surface area contributed by atoms with Crippen molar-refractivity contribution < 1.29 is 9.53 Å². The minimum atomic E-state index is 0.0276. The van der Waals surface area contributed by atoms with E-state index in [1.54, 1.807) is 27.6 Å². The maximum atomic E-state index is 13.0. The summed E-state index contributed by atoms with van der Waals surface area (Å²) in [6.45, 7) is 3.29. The summed E-state index contributed by atoms with van der Waals surface area (Å²) in [4.78, 5) is 23.9. The fourth-order valence-electron chi connectivity index (χ4n) is 2.99. The molecule has 7 heteroatoms. The molecule has 0 N–H and O–H groups in total. The summed E-state index contributed by atoms with van der Waals surface area (Å²) in [5.41, 5.74) is 1.75. The van der Waals surface area contributed by atoms with Crippen molar-refractivity contribution in [2.24, 2.45) is 0 Å². The summed E-state index contributed by atoms with van der Waals surface area (Å²) < 4.78 is 6.84. The van der Waals surface area contributed by atoms with Crippen LogP contribution in [0.1, 0.15) is 23.5 Å². The average molecular weight is 374 g/mol. The number of hydrogen-bond acceptors (Lipinski definition) is 6. The van der Waals surface area contributed by atoms with E-state index in [-0.39, 0.29) is 12.0 Å². The standard InChI is InChI=1S/C18H19N3O2S2/c1-12-19-13(11-24-12)9-17(22)21(10-14-5-4-8-23-14)18-20-15-6-2-3-7-16(15)25-18/h2-3,6-7,11,14H,4-5,8-10H2,1H3. The Morgan fingerprint density at radius 1 is 1.36 bits per heavy atom. The SMILES string of the molecule is Cc1nc(CC(=O)N(CC2CCCO2)c2nc3ccccc3s2)cs1. The molecule has 1 aromatic carbocycles. The van der Waals surface area contributed by atoms with E-state index in [0.29, 0.717) is 13.0 Å². The number of para-hydroxylation sites is 1. The molecule has 1 aliphatic rings. The molecule has 1 aliphatic heterocycles. The molecule has 1 saturated heterocycles. The van der Waals surface area contributed by atoms with Gasteiger partial charge in [-0.05, 0) is 31.9 Å². The second kappa shape index (κ2) is 7.19. The van der Waals surface area contributed by atoms with Crippen LogP contribution in [-0.2, 0) is 16.0 Å². The summed E-state index contributed by atoms with van der Waals surface area (Å²) in [5, 5.41) is 3.68. The van der Waals surface area contributed by atoms with Crippen molar-refractivity contribution in [1.29, 1.82) is 0 Å². The first-order valence-corrected chi connectivity index (χ1v) is 10.1. The smallest absolute Gasteiger partial charge is 0.234 e. The van der Waals surface area contributed by atoms with Gasteiger partial charge in [0.1, 0.15) is 0 Å². The first-order chi connectivity index (χ1) is 12.2. The van der Waals surface area contributed by atoms with Gasteiger partial charge in [0.05, 0.1) is 40.0 Å². The molecule has 130 valence electrons. The maximum absolute atomic E-state index is 13.0. The van der Waals surface area contributed by atoms with Crippen molar-refractivity contribution in [3.8, 4) is 0 Å². The third-order valence-electron chi connectivity index (χ3n) is 4.22.